The Morgan fingerprint density at radius 1 is 1.08 bits per heavy atom. The van der Waals surface area contributed by atoms with Gasteiger partial charge in [-0.25, -0.2) is 0 Å². The highest BCUT2D eigenvalue weighted by Crippen LogP contribution is 2.19. The summed E-state index contributed by atoms with van der Waals surface area (Å²) in [6.07, 6.45) is 0. The molecule has 132 valence electrons. The SMILES string of the molecule is Cc1cccc(C)c1NC(=O)CN(C)C(=O)CNC(=O)C(C)(C)C. The van der Waals surface area contributed by atoms with Crippen LogP contribution in [0.25, 0.3) is 0 Å². The van der Waals surface area contributed by atoms with E-state index in [4.69, 9.17) is 0 Å². The Morgan fingerprint density at radius 2 is 1.62 bits per heavy atom. The summed E-state index contributed by atoms with van der Waals surface area (Å²) < 4.78 is 0. The minimum Gasteiger partial charge on any atom is -0.347 e. The molecule has 1 rings (SSSR count). The maximum absolute atomic E-state index is 12.1. The van der Waals surface area contributed by atoms with Crippen molar-refractivity contribution in [2.45, 2.75) is 34.6 Å². The number of carbonyl (C=O) groups is 3. The van der Waals surface area contributed by atoms with Crippen LogP contribution in [-0.2, 0) is 14.4 Å². The van der Waals surface area contributed by atoms with Crippen molar-refractivity contribution in [3.05, 3.63) is 29.3 Å². The molecule has 0 aliphatic rings. The van der Waals surface area contributed by atoms with Crippen molar-refractivity contribution in [2.24, 2.45) is 5.41 Å². The molecule has 6 nitrogen and oxygen atoms in total. The number of likely N-dealkylation sites (N-methyl/N-ethyl adjacent to an activating group) is 1. The predicted octanol–water partition coefficient (Wildman–Crippen LogP) is 1.86. The minimum absolute atomic E-state index is 0.0714. The highest BCUT2D eigenvalue weighted by Gasteiger charge is 2.22. The zero-order valence-corrected chi connectivity index (χ0v) is 15.3. The van der Waals surface area contributed by atoms with E-state index in [-0.39, 0.29) is 30.8 Å². The summed E-state index contributed by atoms with van der Waals surface area (Å²) >= 11 is 0. The standard InChI is InChI=1S/C18H27N3O3/c1-12-8-7-9-13(2)16(12)20-14(22)11-21(6)15(23)10-19-17(24)18(3,4)5/h7-9H,10-11H2,1-6H3,(H,19,24)(H,20,22). The molecule has 0 atom stereocenters. The summed E-state index contributed by atoms with van der Waals surface area (Å²) in [5.41, 5.74) is 2.15. The number of nitrogens with zero attached hydrogens (tertiary/aromatic N) is 1. The normalized spacial score (nSPS) is 10.9. The van der Waals surface area contributed by atoms with Crippen molar-refractivity contribution in [2.75, 3.05) is 25.5 Å². The third-order valence-electron chi connectivity index (χ3n) is 3.63. The van der Waals surface area contributed by atoms with Crippen LogP contribution in [0.2, 0.25) is 0 Å². The zero-order chi connectivity index (χ0) is 18.5. The number of aryl methyl sites for hydroxylation is 2. The molecule has 1 aromatic carbocycles. The van der Waals surface area contributed by atoms with E-state index in [0.717, 1.165) is 16.8 Å². The second-order valence-electron chi connectivity index (χ2n) is 7.00. The molecule has 0 spiro atoms. The van der Waals surface area contributed by atoms with Gasteiger partial charge in [0.05, 0.1) is 13.1 Å². The smallest absolute Gasteiger partial charge is 0.243 e. The van der Waals surface area contributed by atoms with Crippen LogP contribution in [0, 0.1) is 19.3 Å². The molecule has 0 unspecified atom stereocenters. The number of amides is 3. The van der Waals surface area contributed by atoms with Crippen molar-refractivity contribution in [1.29, 1.82) is 0 Å². The van der Waals surface area contributed by atoms with Crippen LogP contribution in [0.3, 0.4) is 0 Å². The highest BCUT2D eigenvalue weighted by molar-refractivity contribution is 5.96. The molecule has 2 N–H and O–H groups in total. The van der Waals surface area contributed by atoms with Gasteiger partial charge in [0.2, 0.25) is 17.7 Å². The van der Waals surface area contributed by atoms with E-state index in [2.05, 4.69) is 10.6 Å². The molecule has 0 saturated heterocycles. The predicted molar refractivity (Wildman–Crippen MR) is 94.6 cm³/mol. The Bertz CT molecular complexity index is 613. The first-order valence-electron chi connectivity index (χ1n) is 7.90. The molecule has 0 saturated carbocycles. The molecule has 3 amide bonds. The lowest BCUT2D eigenvalue weighted by molar-refractivity contribution is -0.135. The second kappa shape index (κ2) is 7.95. The Hall–Kier alpha value is -2.37. The molecule has 0 heterocycles. The van der Waals surface area contributed by atoms with E-state index < -0.39 is 5.41 Å². The Morgan fingerprint density at radius 3 is 2.12 bits per heavy atom. The van der Waals surface area contributed by atoms with Crippen LogP contribution in [0.15, 0.2) is 18.2 Å². The van der Waals surface area contributed by atoms with Crippen LogP contribution in [0.5, 0.6) is 0 Å². The number of hydrogen-bond donors (Lipinski definition) is 2. The van der Waals surface area contributed by atoms with Crippen molar-refractivity contribution >= 4 is 23.4 Å². The number of nitrogens with one attached hydrogen (secondary N) is 2. The van der Waals surface area contributed by atoms with E-state index in [1.165, 1.54) is 11.9 Å². The molecular formula is C18H27N3O3. The fourth-order valence-corrected chi connectivity index (χ4v) is 2.05. The van der Waals surface area contributed by atoms with Gasteiger partial charge in [0, 0.05) is 18.2 Å². The van der Waals surface area contributed by atoms with E-state index in [1.807, 2.05) is 32.0 Å². The first-order valence-corrected chi connectivity index (χ1v) is 7.90. The zero-order valence-electron chi connectivity index (χ0n) is 15.3. The number of benzene rings is 1. The molecular weight excluding hydrogens is 306 g/mol. The van der Waals surface area contributed by atoms with Gasteiger partial charge in [-0.2, -0.15) is 0 Å². The average molecular weight is 333 g/mol. The van der Waals surface area contributed by atoms with Gasteiger partial charge in [-0.05, 0) is 25.0 Å². The van der Waals surface area contributed by atoms with Gasteiger partial charge in [0.25, 0.3) is 0 Å². The molecule has 24 heavy (non-hydrogen) atoms. The van der Waals surface area contributed by atoms with Crippen LogP contribution >= 0.6 is 0 Å². The number of hydrogen-bond acceptors (Lipinski definition) is 3. The summed E-state index contributed by atoms with van der Waals surface area (Å²) in [5, 5.41) is 5.42. The summed E-state index contributed by atoms with van der Waals surface area (Å²) in [7, 11) is 1.54. The quantitative estimate of drug-likeness (QED) is 0.863. The van der Waals surface area contributed by atoms with Gasteiger partial charge in [0.15, 0.2) is 0 Å². The first-order chi connectivity index (χ1) is 11.0. The maximum atomic E-state index is 12.1. The topological polar surface area (TPSA) is 78.5 Å². The van der Waals surface area contributed by atoms with E-state index in [1.54, 1.807) is 20.8 Å². The van der Waals surface area contributed by atoms with Gasteiger partial charge in [-0.1, -0.05) is 39.0 Å². The Balaban J connectivity index is 2.55. The number of carbonyl (C=O) groups excluding carboxylic acids is 3. The lowest BCUT2D eigenvalue weighted by Crippen LogP contribution is -2.44. The Labute approximate surface area is 143 Å². The van der Waals surface area contributed by atoms with Gasteiger partial charge in [0.1, 0.15) is 0 Å². The fourth-order valence-electron chi connectivity index (χ4n) is 2.05. The third-order valence-corrected chi connectivity index (χ3v) is 3.63. The number of rotatable bonds is 5. The van der Waals surface area contributed by atoms with Gasteiger partial charge >= 0.3 is 0 Å². The largest absolute Gasteiger partial charge is 0.347 e. The third kappa shape index (κ3) is 5.68. The van der Waals surface area contributed by atoms with Crippen LogP contribution < -0.4 is 10.6 Å². The number of para-hydroxylation sites is 1. The van der Waals surface area contributed by atoms with Crippen molar-refractivity contribution in [1.82, 2.24) is 10.2 Å². The summed E-state index contributed by atoms with van der Waals surface area (Å²) in [6, 6.07) is 5.76. The van der Waals surface area contributed by atoms with Crippen LogP contribution in [-0.4, -0.2) is 42.8 Å². The van der Waals surface area contributed by atoms with Crippen molar-refractivity contribution < 1.29 is 14.4 Å². The molecule has 0 aliphatic carbocycles. The van der Waals surface area contributed by atoms with Crippen LogP contribution in [0.4, 0.5) is 5.69 Å². The molecule has 0 fully saturated rings. The number of anilines is 1. The molecule has 6 heteroatoms. The van der Waals surface area contributed by atoms with Gasteiger partial charge in [-0.3, -0.25) is 14.4 Å². The first kappa shape index (κ1) is 19.7. The average Bonchev–Trinajstić information content (AvgIpc) is 2.47. The van der Waals surface area contributed by atoms with Crippen LogP contribution in [0.1, 0.15) is 31.9 Å². The van der Waals surface area contributed by atoms with Gasteiger partial charge < -0.3 is 15.5 Å². The molecule has 0 bridgehead atoms. The minimum atomic E-state index is -0.557. The molecule has 0 radical (unpaired) electrons. The van der Waals surface area contributed by atoms with E-state index in [9.17, 15) is 14.4 Å². The lowest BCUT2D eigenvalue weighted by atomic mass is 9.96. The molecule has 1 aromatic rings. The highest BCUT2D eigenvalue weighted by atomic mass is 16.2. The lowest BCUT2D eigenvalue weighted by Gasteiger charge is -2.21. The van der Waals surface area contributed by atoms with E-state index in [0.29, 0.717) is 0 Å². The summed E-state index contributed by atoms with van der Waals surface area (Å²) in [6.45, 7) is 8.96. The van der Waals surface area contributed by atoms with E-state index >= 15 is 0 Å². The molecule has 0 aliphatic heterocycles. The van der Waals surface area contributed by atoms with Crippen molar-refractivity contribution in [3.63, 3.8) is 0 Å². The monoisotopic (exact) mass is 333 g/mol. The fraction of sp³-hybridized carbons (Fsp3) is 0.500. The molecule has 0 aromatic heterocycles. The second-order valence-corrected chi connectivity index (χ2v) is 7.00. The maximum Gasteiger partial charge on any atom is 0.243 e. The van der Waals surface area contributed by atoms with Gasteiger partial charge in [-0.15, -0.1) is 0 Å². The summed E-state index contributed by atoms with van der Waals surface area (Å²) in [5.74, 6) is -0.793. The summed E-state index contributed by atoms with van der Waals surface area (Å²) in [4.78, 5) is 37.2. The Kier molecular flexibility index (Phi) is 6.51. The van der Waals surface area contributed by atoms with Crippen molar-refractivity contribution in [3.8, 4) is 0 Å².